The normalized spacial score (nSPS) is 19.1. The Labute approximate surface area is 217 Å². The summed E-state index contributed by atoms with van der Waals surface area (Å²) in [6.45, 7) is 7.94. The highest BCUT2D eigenvalue weighted by molar-refractivity contribution is 7.83. The second kappa shape index (κ2) is 11.4. The summed E-state index contributed by atoms with van der Waals surface area (Å²) >= 11 is 0. The summed E-state index contributed by atoms with van der Waals surface area (Å²) in [4.78, 5) is 22.7. The number of nitrogens with zero attached hydrogens (tertiary/aromatic N) is 2. The third-order valence-corrected chi connectivity index (χ3v) is 8.21. The average Bonchev–Trinajstić information content (AvgIpc) is 3.58. The van der Waals surface area contributed by atoms with Gasteiger partial charge in [0.05, 0.1) is 29.0 Å². The number of halogens is 2. The maximum absolute atomic E-state index is 15.3. The summed E-state index contributed by atoms with van der Waals surface area (Å²) < 4.78 is 45.2. The van der Waals surface area contributed by atoms with E-state index in [9.17, 15) is 13.4 Å². The van der Waals surface area contributed by atoms with Crippen molar-refractivity contribution >= 4 is 33.4 Å². The number of allylic oxidation sites excluding steroid dienone is 7. The topological polar surface area (TPSA) is 116 Å². The second-order valence-corrected chi connectivity index (χ2v) is 10.8. The van der Waals surface area contributed by atoms with Crippen molar-refractivity contribution < 1.29 is 17.8 Å². The van der Waals surface area contributed by atoms with Gasteiger partial charge in [0.15, 0.2) is 5.83 Å². The molecule has 2 aromatic rings. The van der Waals surface area contributed by atoms with Gasteiger partial charge in [-0.1, -0.05) is 13.0 Å². The Balaban J connectivity index is 1.64. The molecule has 1 saturated heterocycles. The summed E-state index contributed by atoms with van der Waals surface area (Å²) in [6, 6.07) is 1.76. The molecule has 8 nitrogen and oxygen atoms in total. The fourth-order valence-corrected chi connectivity index (χ4v) is 5.05. The molecule has 4 rings (SSSR count). The van der Waals surface area contributed by atoms with E-state index in [4.69, 9.17) is 5.73 Å². The van der Waals surface area contributed by atoms with Gasteiger partial charge in [-0.3, -0.25) is 10.1 Å². The van der Waals surface area contributed by atoms with E-state index in [2.05, 4.69) is 20.0 Å². The van der Waals surface area contributed by atoms with Gasteiger partial charge < -0.3 is 20.3 Å². The first-order chi connectivity index (χ1) is 17.7. The first kappa shape index (κ1) is 26.7. The summed E-state index contributed by atoms with van der Waals surface area (Å²) in [7, 11) is -1.54. The van der Waals surface area contributed by atoms with E-state index >= 15 is 4.39 Å². The number of hydrogen-bond acceptors (Lipinski definition) is 6. The van der Waals surface area contributed by atoms with Crippen molar-refractivity contribution in [3.8, 4) is 0 Å². The molecule has 0 aromatic carbocycles. The lowest BCUT2D eigenvalue weighted by Crippen LogP contribution is -2.27. The number of fused-ring (bicyclic) bond motifs is 1. The molecule has 0 amide bonds. The molecule has 0 bridgehead atoms. The van der Waals surface area contributed by atoms with Gasteiger partial charge in [0.25, 0.3) is 0 Å². The highest BCUT2D eigenvalue weighted by atomic mass is 32.2. The molecule has 0 saturated carbocycles. The van der Waals surface area contributed by atoms with Crippen LogP contribution in [0.5, 0.6) is 0 Å². The molecule has 0 spiro atoms. The van der Waals surface area contributed by atoms with Gasteiger partial charge in [-0.25, -0.2) is 18.0 Å². The average molecular weight is 531 g/mol. The number of nitrogens with one attached hydrogen (secondary N) is 3. The first-order valence-corrected chi connectivity index (χ1v) is 13.5. The maximum atomic E-state index is 15.3. The molecule has 0 radical (unpaired) electrons. The summed E-state index contributed by atoms with van der Waals surface area (Å²) in [5, 5.41) is 3.45. The van der Waals surface area contributed by atoms with Gasteiger partial charge in [0.2, 0.25) is 5.78 Å². The zero-order chi connectivity index (χ0) is 26.7. The summed E-state index contributed by atoms with van der Waals surface area (Å²) in [5.41, 5.74) is 7.64. The van der Waals surface area contributed by atoms with Crippen molar-refractivity contribution in [2.45, 2.75) is 45.3 Å². The molecule has 5 N–H and O–H groups in total. The minimum absolute atomic E-state index is 0.00430. The molecule has 1 aliphatic carbocycles. The van der Waals surface area contributed by atoms with Crippen LogP contribution >= 0.6 is 0 Å². The van der Waals surface area contributed by atoms with Gasteiger partial charge >= 0.3 is 0 Å². The van der Waals surface area contributed by atoms with E-state index < -0.39 is 34.0 Å². The third-order valence-electron chi connectivity index (χ3n) is 6.70. The molecule has 2 atom stereocenters. The molecule has 198 valence electrons. The zero-order valence-electron chi connectivity index (χ0n) is 21.2. The number of H-pyrrole nitrogens is 1. The Morgan fingerprint density at radius 3 is 2.84 bits per heavy atom. The Hall–Kier alpha value is -3.31. The maximum Gasteiger partial charge on any atom is 0.200 e. The Morgan fingerprint density at radius 1 is 1.35 bits per heavy atom. The van der Waals surface area contributed by atoms with Crippen LogP contribution in [-0.2, 0) is 11.0 Å². The Morgan fingerprint density at radius 2 is 2.14 bits per heavy atom. The van der Waals surface area contributed by atoms with Gasteiger partial charge in [0.1, 0.15) is 22.5 Å². The van der Waals surface area contributed by atoms with Crippen LogP contribution in [0.15, 0.2) is 59.4 Å². The second-order valence-electron chi connectivity index (χ2n) is 9.21. The number of Topliss-reactive ketones (excluding diaryl/α,β-unsaturated/α-hetero) is 1. The third kappa shape index (κ3) is 5.67. The van der Waals surface area contributed by atoms with Crippen molar-refractivity contribution in [1.82, 2.24) is 24.9 Å². The molecule has 2 unspecified atom stereocenters. The molecular formula is C26H32F2N6O2S. The first-order valence-electron chi connectivity index (χ1n) is 12.3. The van der Waals surface area contributed by atoms with Crippen LogP contribution in [0.1, 0.15) is 56.0 Å². The summed E-state index contributed by atoms with van der Waals surface area (Å²) in [5.74, 6) is -1.98. The number of ketones is 1. The molecule has 3 heterocycles. The van der Waals surface area contributed by atoms with Crippen LogP contribution in [0.3, 0.4) is 0 Å². The molecular weight excluding hydrogens is 498 g/mol. The molecule has 2 aromatic heterocycles. The fourth-order valence-electron chi connectivity index (χ4n) is 4.11. The lowest BCUT2D eigenvalue weighted by molar-refractivity contribution is 0.103. The number of nitrogens with two attached hydrogens (primary N) is 1. The Kier molecular flexibility index (Phi) is 8.23. The van der Waals surface area contributed by atoms with Crippen LogP contribution in [0.4, 0.5) is 8.78 Å². The largest absolute Gasteiger partial charge is 0.385 e. The van der Waals surface area contributed by atoms with Crippen molar-refractivity contribution in [3.05, 3.63) is 70.5 Å². The summed E-state index contributed by atoms with van der Waals surface area (Å²) in [6.07, 6.45) is 7.23. The quantitative estimate of drug-likeness (QED) is 0.287. The zero-order valence-corrected chi connectivity index (χ0v) is 22.0. The lowest BCUT2D eigenvalue weighted by Gasteiger charge is -2.20. The van der Waals surface area contributed by atoms with Crippen LogP contribution in [0.25, 0.3) is 16.6 Å². The van der Waals surface area contributed by atoms with E-state index in [0.717, 1.165) is 24.2 Å². The van der Waals surface area contributed by atoms with Gasteiger partial charge in [-0.05, 0) is 50.0 Å². The number of carbonyl (C=O) groups excluding carboxylic acids is 1. The minimum atomic E-state index is -1.54. The number of rotatable bonds is 9. The van der Waals surface area contributed by atoms with Gasteiger partial charge in [-0.2, -0.15) is 0 Å². The van der Waals surface area contributed by atoms with Gasteiger partial charge in [0, 0.05) is 42.9 Å². The van der Waals surface area contributed by atoms with E-state index in [-0.39, 0.29) is 29.4 Å². The fraction of sp³-hybridized carbons (Fsp3) is 0.385. The number of aromatic amines is 1. The van der Waals surface area contributed by atoms with Crippen LogP contribution < -0.4 is 15.8 Å². The molecule has 37 heavy (non-hydrogen) atoms. The molecule has 1 fully saturated rings. The van der Waals surface area contributed by atoms with E-state index in [1.807, 2.05) is 30.9 Å². The van der Waals surface area contributed by atoms with E-state index in [1.54, 1.807) is 19.2 Å². The van der Waals surface area contributed by atoms with E-state index in [1.165, 1.54) is 6.20 Å². The standard InChI is InChI=1S/C26H32F2N6O2S/c1-4-16(3)37(36)33-21-7-6-20(27)23(24(21)28)25(35)19-13-32-26-18(19)11-17(12-31-26)15(2)5-8-22(29)34-10-9-30-14-34/h5,8,11-13,16,30,33H,4,6-7,9-10,14,29H2,1-3H3,(H,31,32)/b15-5+,22-8+. The highest BCUT2D eigenvalue weighted by Gasteiger charge is 2.31. The number of aromatic nitrogens is 2. The predicted octanol–water partition coefficient (Wildman–Crippen LogP) is 4.06. The monoisotopic (exact) mass is 530 g/mol. The lowest BCUT2D eigenvalue weighted by atomic mass is 9.94. The smallest absolute Gasteiger partial charge is 0.200 e. The predicted molar refractivity (Wildman–Crippen MR) is 142 cm³/mol. The van der Waals surface area contributed by atoms with Crippen LogP contribution in [0.2, 0.25) is 0 Å². The van der Waals surface area contributed by atoms with Crippen molar-refractivity contribution in [1.29, 1.82) is 0 Å². The van der Waals surface area contributed by atoms with Crippen LogP contribution in [-0.4, -0.2) is 49.9 Å². The van der Waals surface area contributed by atoms with Crippen molar-refractivity contribution in [2.24, 2.45) is 5.73 Å². The number of hydrogen-bond donors (Lipinski definition) is 4. The van der Waals surface area contributed by atoms with Crippen molar-refractivity contribution in [3.63, 3.8) is 0 Å². The molecule has 2 aliphatic rings. The van der Waals surface area contributed by atoms with Crippen LogP contribution in [0, 0.1) is 0 Å². The Bertz CT molecular complexity index is 1350. The number of pyridine rings is 1. The molecule has 11 heteroatoms. The van der Waals surface area contributed by atoms with E-state index in [0.29, 0.717) is 29.9 Å². The van der Waals surface area contributed by atoms with Gasteiger partial charge in [-0.15, -0.1) is 0 Å². The minimum Gasteiger partial charge on any atom is -0.385 e. The number of carbonyl (C=O) groups is 1. The highest BCUT2D eigenvalue weighted by Crippen LogP contribution is 2.35. The SMILES string of the molecule is CCC(C)S(=O)NC1=C(F)C(C(=O)c2c[nH]c3ncc(/C(C)=C/C=C(\N)N4CCNC4)cc23)=C(F)CC1. The molecule has 1 aliphatic heterocycles. The van der Waals surface area contributed by atoms with Crippen molar-refractivity contribution in [2.75, 3.05) is 19.8 Å².